The smallest absolute Gasteiger partial charge is 0.214 e. The summed E-state index contributed by atoms with van der Waals surface area (Å²) in [6, 6.07) is 23.3. The average Bonchev–Trinajstić information content (AvgIpc) is 3.17. The van der Waals surface area contributed by atoms with E-state index in [-0.39, 0.29) is 22.8 Å². The lowest BCUT2D eigenvalue weighted by Crippen LogP contribution is -2.02. The van der Waals surface area contributed by atoms with Gasteiger partial charge in [0.25, 0.3) is 0 Å². The molecule has 0 saturated carbocycles. The quantitative estimate of drug-likeness (QED) is 0.420. The number of rotatable bonds is 6. The van der Waals surface area contributed by atoms with Gasteiger partial charge in [-0.05, 0) is 36.4 Å². The number of hydrogen-bond acceptors (Lipinski definition) is 5. The average molecular weight is 371 g/mol. The molecule has 0 amide bonds. The van der Waals surface area contributed by atoms with Crippen LogP contribution in [-0.2, 0) is 0 Å². The van der Waals surface area contributed by atoms with Gasteiger partial charge in [-0.15, -0.1) is 0 Å². The maximum Gasteiger partial charge on any atom is 0.214 e. The zero-order valence-corrected chi connectivity index (χ0v) is 14.8. The summed E-state index contributed by atoms with van der Waals surface area (Å²) < 4.78 is 5.82. The second-order valence-electron chi connectivity index (χ2n) is 6.06. The summed E-state index contributed by atoms with van der Waals surface area (Å²) in [5.41, 5.74) is 1.25. The number of aromatic amines is 1. The number of phenols is 1. The molecule has 138 valence electrons. The Kier molecular flexibility index (Phi) is 4.76. The van der Waals surface area contributed by atoms with E-state index in [9.17, 15) is 9.90 Å². The number of imidazole rings is 1. The maximum atomic E-state index is 12.5. The van der Waals surface area contributed by atoms with E-state index in [0.717, 1.165) is 11.4 Å². The molecule has 0 radical (unpaired) electrons. The van der Waals surface area contributed by atoms with Crippen molar-refractivity contribution in [1.82, 2.24) is 9.97 Å². The van der Waals surface area contributed by atoms with Crippen molar-refractivity contribution in [2.75, 3.05) is 5.32 Å². The molecule has 1 aromatic heterocycles. The molecule has 3 N–H and O–H groups in total. The van der Waals surface area contributed by atoms with E-state index >= 15 is 0 Å². The number of carbonyl (C=O) groups is 1. The number of ketones is 1. The zero-order chi connectivity index (χ0) is 19.3. The number of anilines is 2. The number of H-pyrrole nitrogens is 1. The second-order valence-corrected chi connectivity index (χ2v) is 6.06. The first-order chi connectivity index (χ1) is 13.7. The molecule has 0 fully saturated rings. The van der Waals surface area contributed by atoms with Crippen LogP contribution in [0.4, 0.5) is 11.6 Å². The number of nitrogens with zero attached hydrogens (tertiary/aromatic N) is 1. The molecular formula is C22H17N3O3. The second kappa shape index (κ2) is 7.67. The van der Waals surface area contributed by atoms with Crippen molar-refractivity contribution < 1.29 is 14.6 Å². The van der Waals surface area contributed by atoms with Gasteiger partial charge in [0.05, 0.1) is 11.8 Å². The van der Waals surface area contributed by atoms with E-state index in [2.05, 4.69) is 15.3 Å². The predicted octanol–water partition coefficient (Wildman–Crippen LogP) is 4.88. The number of ether oxygens (including phenoxy) is 1. The van der Waals surface area contributed by atoms with Crippen molar-refractivity contribution in [2.24, 2.45) is 0 Å². The molecule has 0 atom stereocenters. The van der Waals surface area contributed by atoms with Gasteiger partial charge in [0, 0.05) is 11.8 Å². The number of phenolic OH excluding ortho intramolecular Hbond substituents is 1. The van der Waals surface area contributed by atoms with Crippen molar-refractivity contribution in [3.8, 4) is 17.2 Å². The summed E-state index contributed by atoms with van der Waals surface area (Å²) >= 11 is 0. The summed E-state index contributed by atoms with van der Waals surface area (Å²) in [7, 11) is 0. The molecule has 6 heteroatoms. The highest BCUT2D eigenvalue weighted by atomic mass is 16.5. The molecular weight excluding hydrogens is 354 g/mol. The summed E-state index contributed by atoms with van der Waals surface area (Å²) in [5.74, 6) is 1.43. The van der Waals surface area contributed by atoms with Gasteiger partial charge >= 0.3 is 0 Å². The molecule has 4 rings (SSSR count). The fourth-order valence-electron chi connectivity index (χ4n) is 2.71. The zero-order valence-electron chi connectivity index (χ0n) is 14.8. The van der Waals surface area contributed by atoms with E-state index in [1.165, 1.54) is 12.3 Å². The van der Waals surface area contributed by atoms with Crippen molar-refractivity contribution in [3.63, 3.8) is 0 Å². The highest BCUT2D eigenvalue weighted by Gasteiger charge is 2.15. The predicted molar refractivity (Wildman–Crippen MR) is 106 cm³/mol. The summed E-state index contributed by atoms with van der Waals surface area (Å²) in [5, 5.41) is 13.0. The van der Waals surface area contributed by atoms with Crippen molar-refractivity contribution in [1.29, 1.82) is 0 Å². The number of carbonyl (C=O) groups excluding carboxylic acids is 1. The lowest BCUT2D eigenvalue weighted by molar-refractivity contribution is 0.103. The molecule has 0 saturated heterocycles. The maximum absolute atomic E-state index is 12.5. The van der Waals surface area contributed by atoms with E-state index in [1.54, 1.807) is 18.2 Å². The molecule has 0 spiro atoms. The highest BCUT2D eigenvalue weighted by molar-refractivity contribution is 6.09. The van der Waals surface area contributed by atoms with Crippen LogP contribution in [0.15, 0.2) is 85.1 Å². The molecule has 0 bridgehead atoms. The molecule has 0 aliphatic carbocycles. The molecule has 0 aliphatic heterocycles. The van der Waals surface area contributed by atoms with Crippen LogP contribution >= 0.6 is 0 Å². The van der Waals surface area contributed by atoms with Crippen LogP contribution in [0, 0.1) is 0 Å². The Morgan fingerprint density at radius 1 is 0.929 bits per heavy atom. The van der Waals surface area contributed by atoms with E-state index in [4.69, 9.17) is 4.74 Å². The lowest BCUT2D eigenvalue weighted by Gasteiger charge is -2.08. The van der Waals surface area contributed by atoms with Gasteiger partial charge in [-0.25, -0.2) is 4.98 Å². The standard InChI is InChI=1S/C22H17N3O3/c26-20-12-5-4-11-18(20)21(27)19-14-23-22(25-19)24-15-7-6-10-17(13-15)28-16-8-2-1-3-9-16/h1-14,26H,(H2,23,24,25). The van der Waals surface area contributed by atoms with Gasteiger partial charge < -0.3 is 20.1 Å². The Bertz CT molecular complexity index is 1110. The van der Waals surface area contributed by atoms with E-state index in [0.29, 0.717) is 11.7 Å². The van der Waals surface area contributed by atoms with Gasteiger partial charge in [-0.1, -0.05) is 36.4 Å². The van der Waals surface area contributed by atoms with E-state index < -0.39 is 0 Å². The van der Waals surface area contributed by atoms with Gasteiger partial charge in [0.1, 0.15) is 22.9 Å². The minimum Gasteiger partial charge on any atom is -0.507 e. The number of aromatic nitrogens is 2. The summed E-state index contributed by atoms with van der Waals surface area (Å²) in [6.45, 7) is 0. The van der Waals surface area contributed by atoms with Gasteiger partial charge in [-0.3, -0.25) is 4.79 Å². The summed E-state index contributed by atoms with van der Waals surface area (Å²) in [6.07, 6.45) is 1.43. The minimum absolute atomic E-state index is 0.0672. The molecule has 6 nitrogen and oxygen atoms in total. The monoisotopic (exact) mass is 371 g/mol. The van der Waals surface area contributed by atoms with Crippen LogP contribution in [0.5, 0.6) is 17.2 Å². The number of para-hydroxylation sites is 2. The topological polar surface area (TPSA) is 87.2 Å². The fourth-order valence-corrected chi connectivity index (χ4v) is 2.71. The van der Waals surface area contributed by atoms with Gasteiger partial charge in [-0.2, -0.15) is 0 Å². The molecule has 28 heavy (non-hydrogen) atoms. The first kappa shape index (κ1) is 17.4. The largest absolute Gasteiger partial charge is 0.507 e. The van der Waals surface area contributed by atoms with E-state index in [1.807, 2.05) is 54.6 Å². The van der Waals surface area contributed by atoms with Crippen LogP contribution in [0.25, 0.3) is 0 Å². The SMILES string of the molecule is O=C(c1cnc(Nc2cccc(Oc3ccccc3)c2)[nH]1)c1ccccc1O. The summed E-state index contributed by atoms with van der Waals surface area (Å²) in [4.78, 5) is 19.6. The number of hydrogen-bond donors (Lipinski definition) is 3. The fraction of sp³-hybridized carbons (Fsp3) is 0. The third-order valence-electron chi connectivity index (χ3n) is 4.04. The third kappa shape index (κ3) is 3.86. The third-order valence-corrected chi connectivity index (χ3v) is 4.04. The Balaban J connectivity index is 1.49. The molecule has 1 heterocycles. The van der Waals surface area contributed by atoms with Crippen LogP contribution in [-0.4, -0.2) is 20.9 Å². The van der Waals surface area contributed by atoms with Crippen molar-refractivity contribution in [2.45, 2.75) is 0 Å². The number of nitrogens with one attached hydrogen (secondary N) is 2. The van der Waals surface area contributed by atoms with Gasteiger partial charge in [0.2, 0.25) is 11.7 Å². The molecule has 3 aromatic carbocycles. The van der Waals surface area contributed by atoms with Crippen molar-refractivity contribution in [3.05, 3.63) is 96.3 Å². The van der Waals surface area contributed by atoms with Crippen LogP contribution < -0.4 is 10.1 Å². The van der Waals surface area contributed by atoms with Crippen LogP contribution in [0.1, 0.15) is 16.1 Å². The number of aromatic hydroxyl groups is 1. The Morgan fingerprint density at radius 2 is 1.68 bits per heavy atom. The van der Waals surface area contributed by atoms with Crippen LogP contribution in [0.3, 0.4) is 0 Å². The highest BCUT2D eigenvalue weighted by Crippen LogP contribution is 2.25. The normalized spacial score (nSPS) is 10.4. The minimum atomic E-state index is -0.334. The first-order valence-electron chi connectivity index (χ1n) is 8.67. The molecule has 0 aliphatic rings. The van der Waals surface area contributed by atoms with Crippen LogP contribution in [0.2, 0.25) is 0 Å². The van der Waals surface area contributed by atoms with Gasteiger partial charge in [0.15, 0.2) is 0 Å². The molecule has 0 unspecified atom stereocenters. The Labute approximate surface area is 161 Å². The van der Waals surface area contributed by atoms with Crippen molar-refractivity contribution >= 4 is 17.4 Å². The molecule has 4 aromatic rings. The lowest BCUT2D eigenvalue weighted by atomic mass is 10.1. The number of benzene rings is 3. The first-order valence-corrected chi connectivity index (χ1v) is 8.67. The Morgan fingerprint density at radius 3 is 2.50 bits per heavy atom. The Hall–Kier alpha value is -4.06.